The fourth-order valence-corrected chi connectivity index (χ4v) is 3.03. The number of nitrogen functional groups attached to an aromatic ring is 1. The van der Waals surface area contributed by atoms with Crippen molar-refractivity contribution in [3.05, 3.63) is 39.5 Å². The summed E-state index contributed by atoms with van der Waals surface area (Å²) in [7, 11) is 0. The van der Waals surface area contributed by atoms with Crippen molar-refractivity contribution in [2.75, 3.05) is 5.73 Å². The first kappa shape index (κ1) is 11.9. The Morgan fingerprint density at radius 2 is 2.00 bits per heavy atom. The molecule has 0 radical (unpaired) electrons. The van der Waals surface area contributed by atoms with E-state index < -0.39 is 0 Å². The van der Waals surface area contributed by atoms with Gasteiger partial charge in [0, 0.05) is 16.9 Å². The van der Waals surface area contributed by atoms with Gasteiger partial charge in [-0.05, 0) is 61.8 Å². The van der Waals surface area contributed by atoms with Gasteiger partial charge in [-0.2, -0.15) is 0 Å². The molecule has 2 aromatic rings. The Kier molecular flexibility index (Phi) is 3.83. The van der Waals surface area contributed by atoms with Crippen LogP contribution in [0.2, 0.25) is 0 Å². The lowest BCUT2D eigenvalue weighted by atomic mass is 10.4. The molecule has 0 saturated heterocycles. The molecule has 0 aliphatic rings. The number of nitrogens with two attached hydrogens (primary N) is 1. The van der Waals surface area contributed by atoms with Crippen LogP contribution < -0.4 is 5.73 Å². The number of aromatic nitrogens is 2. The summed E-state index contributed by atoms with van der Waals surface area (Å²) >= 11 is 8.24. The van der Waals surface area contributed by atoms with Crippen LogP contribution in [-0.4, -0.2) is 9.97 Å². The molecule has 82 valence electrons. The number of nitrogens with zero attached hydrogens (tertiary/aromatic N) is 2. The Hall–Kier alpha value is -0.590. The highest BCUT2D eigenvalue weighted by atomic mass is 79.9. The topological polar surface area (TPSA) is 51.8 Å². The molecule has 0 aromatic carbocycles. The molecule has 2 rings (SSSR count). The maximum Gasteiger partial charge on any atom is 0.125 e. The second kappa shape index (κ2) is 5.16. The van der Waals surface area contributed by atoms with Crippen LogP contribution in [0.15, 0.2) is 49.6 Å². The van der Waals surface area contributed by atoms with E-state index in [-0.39, 0.29) is 0 Å². The molecule has 0 unspecified atom stereocenters. The molecule has 0 bridgehead atoms. The standard InChI is InChI=1S/C10H7Br2N3S/c11-6-4-7(12)9(15-5-6)16-10-8(13)2-1-3-14-10/h1-5H,13H2. The van der Waals surface area contributed by atoms with E-state index in [4.69, 9.17) is 5.73 Å². The van der Waals surface area contributed by atoms with Gasteiger partial charge in [0.15, 0.2) is 0 Å². The van der Waals surface area contributed by atoms with Crippen molar-refractivity contribution in [1.29, 1.82) is 0 Å². The van der Waals surface area contributed by atoms with E-state index in [1.54, 1.807) is 12.4 Å². The fourth-order valence-electron chi connectivity index (χ4n) is 1.06. The fraction of sp³-hybridized carbons (Fsp3) is 0. The monoisotopic (exact) mass is 359 g/mol. The molecular formula is C10H7Br2N3S. The molecule has 0 saturated carbocycles. The molecule has 3 nitrogen and oxygen atoms in total. The summed E-state index contributed by atoms with van der Waals surface area (Å²) in [4.78, 5) is 8.49. The molecule has 0 atom stereocenters. The Labute approximate surface area is 114 Å². The van der Waals surface area contributed by atoms with E-state index >= 15 is 0 Å². The highest BCUT2D eigenvalue weighted by Crippen LogP contribution is 2.34. The van der Waals surface area contributed by atoms with Gasteiger partial charge in [0.1, 0.15) is 10.1 Å². The maximum absolute atomic E-state index is 5.81. The minimum Gasteiger partial charge on any atom is -0.397 e. The summed E-state index contributed by atoms with van der Waals surface area (Å²) in [6, 6.07) is 5.57. The van der Waals surface area contributed by atoms with Crippen LogP contribution in [0.4, 0.5) is 5.69 Å². The summed E-state index contributed by atoms with van der Waals surface area (Å²) in [5.41, 5.74) is 6.47. The maximum atomic E-state index is 5.81. The quantitative estimate of drug-likeness (QED) is 0.886. The summed E-state index contributed by atoms with van der Waals surface area (Å²) < 4.78 is 1.84. The average molecular weight is 361 g/mol. The van der Waals surface area contributed by atoms with Crippen LogP contribution in [0.5, 0.6) is 0 Å². The minimum absolute atomic E-state index is 0.657. The lowest BCUT2D eigenvalue weighted by molar-refractivity contribution is 1.08. The van der Waals surface area contributed by atoms with Crippen molar-refractivity contribution in [3.8, 4) is 0 Å². The number of hydrogen-bond donors (Lipinski definition) is 1. The predicted molar refractivity (Wildman–Crippen MR) is 72.4 cm³/mol. The number of anilines is 1. The molecule has 0 aliphatic carbocycles. The van der Waals surface area contributed by atoms with Gasteiger partial charge >= 0.3 is 0 Å². The molecule has 2 heterocycles. The van der Waals surface area contributed by atoms with Crippen molar-refractivity contribution in [1.82, 2.24) is 9.97 Å². The van der Waals surface area contributed by atoms with Crippen molar-refractivity contribution < 1.29 is 0 Å². The smallest absolute Gasteiger partial charge is 0.125 e. The van der Waals surface area contributed by atoms with Crippen LogP contribution >= 0.6 is 43.6 Å². The van der Waals surface area contributed by atoms with Crippen LogP contribution in [0.3, 0.4) is 0 Å². The Balaban J connectivity index is 2.31. The van der Waals surface area contributed by atoms with Gasteiger partial charge in [-0.25, -0.2) is 9.97 Å². The summed E-state index contributed by atoms with van der Waals surface area (Å²) in [5, 5.41) is 1.60. The number of pyridine rings is 2. The van der Waals surface area contributed by atoms with Gasteiger partial charge < -0.3 is 5.73 Å². The molecule has 6 heteroatoms. The van der Waals surface area contributed by atoms with Crippen molar-refractivity contribution >= 4 is 49.3 Å². The molecule has 2 N–H and O–H groups in total. The molecular weight excluding hydrogens is 354 g/mol. The Morgan fingerprint density at radius 1 is 1.19 bits per heavy atom. The first-order valence-corrected chi connectivity index (χ1v) is 6.76. The highest BCUT2D eigenvalue weighted by Gasteiger charge is 2.07. The van der Waals surface area contributed by atoms with Gasteiger partial charge in [0.05, 0.1) is 10.2 Å². The molecule has 0 fully saturated rings. The van der Waals surface area contributed by atoms with Crippen LogP contribution in [0, 0.1) is 0 Å². The van der Waals surface area contributed by atoms with Crippen molar-refractivity contribution in [3.63, 3.8) is 0 Å². The van der Waals surface area contributed by atoms with Crippen LogP contribution in [-0.2, 0) is 0 Å². The third kappa shape index (κ3) is 2.75. The van der Waals surface area contributed by atoms with Crippen molar-refractivity contribution in [2.24, 2.45) is 0 Å². The van der Waals surface area contributed by atoms with Gasteiger partial charge in [-0.1, -0.05) is 0 Å². The lowest BCUT2D eigenvalue weighted by Crippen LogP contribution is -1.91. The Morgan fingerprint density at radius 3 is 2.69 bits per heavy atom. The van der Waals surface area contributed by atoms with E-state index in [9.17, 15) is 0 Å². The van der Waals surface area contributed by atoms with E-state index in [2.05, 4.69) is 41.8 Å². The number of hydrogen-bond acceptors (Lipinski definition) is 4. The number of halogens is 2. The largest absolute Gasteiger partial charge is 0.397 e. The van der Waals surface area contributed by atoms with Crippen LogP contribution in [0.1, 0.15) is 0 Å². The van der Waals surface area contributed by atoms with E-state index in [1.165, 1.54) is 11.8 Å². The third-order valence-electron chi connectivity index (χ3n) is 1.77. The average Bonchev–Trinajstić information content (AvgIpc) is 2.25. The highest BCUT2D eigenvalue weighted by molar-refractivity contribution is 9.11. The Bertz CT molecular complexity index is 519. The zero-order valence-electron chi connectivity index (χ0n) is 8.02. The third-order valence-corrected chi connectivity index (χ3v) is 4.12. The lowest BCUT2D eigenvalue weighted by Gasteiger charge is -2.04. The summed E-state index contributed by atoms with van der Waals surface area (Å²) in [6.07, 6.45) is 3.46. The summed E-state index contributed by atoms with van der Waals surface area (Å²) in [6.45, 7) is 0. The first-order chi connectivity index (χ1) is 7.66. The molecule has 16 heavy (non-hydrogen) atoms. The summed E-state index contributed by atoms with van der Waals surface area (Å²) in [5.74, 6) is 0. The van der Waals surface area contributed by atoms with Gasteiger partial charge in [-0.15, -0.1) is 0 Å². The zero-order valence-corrected chi connectivity index (χ0v) is 12.0. The van der Waals surface area contributed by atoms with E-state index in [0.717, 1.165) is 19.0 Å². The van der Waals surface area contributed by atoms with E-state index in [0.29, 0.717) is 5.69 Å². The normalized spacial score (nSPS) is 10.4. The number of rotatable bonds is 2. The zero-order chi connectivity index (χ0) is 11.5. The van der Waals surface area contributed by atoms with Crippen molar-refractivity contribution in [2.45, 2.75) is 10.1 Å². The van der Waals surface area contributed by atoms with Crippen LogP contribution in [0.25, 0.3) is 0 Å². The molecule has 0 spiro atoms. The second-order valence-electron chi connectivity index (χ2n) is 2.94. The van der Waals surface area contributed by atoms with E-state index in [1.807, 2.05) is 18.2 Å². The SMILES string of the molecule is Nc1cccnc1Sc1ncc(Br)cc1Br. The van der Waals surface area contributed by atoms with Gasteiger partial charge in [0.25, 0.3) is 0 Å². The predicted octanol–water partition coefficient (Wildman–Crippen LogP) is 3.74. The molecule has 0 amide bonds. The second-order valence-corrected chi connectivity index (χ2v) is 5.69. The molecule has 0 aliphatic heterocycles. The van der Waals surface area contributed by atoms with Gasteiger partial charge in [0.2, 0.25) is 0 Å². The first-order valence-electron chi connectivity index (χ1n) is 4.36. The van der Waals surface area contributed by atoms with Gasteiger partial charge in [-0.3, -0.25) is 0 Å². The molecule has 2 aromatic heterocycles. The minimum atomic E-state index is 0.657.